The largest absolute Gasteiger partial charge is 0.463 e. The van der Waals surface area contributed by atoms with Crippen LogP contribution in [0.2, 0.25) is 97.2 Å². The molecular formula is C29H66O12Si7. The maximum absolute atomic E-state index is 11.8. The quantitative estimate of drug-likeness (QED) is 0.0375. The first-order valence-electron chi connectivity index (χ1n) is 16.6. The number of rotatable bonds is 27. The molecule has 0 aliphatic rings. The standard InChI is InChI=1S/C29H66O12Si7/c1-17-28(30)34-22-20-26-47(15,37-43(7,8)27-35-29(31)18-2)40-45(11,12)38-46(13,14)41-48(16,25-19-21-33-24-23-32-3)39-44(9,10)36-42(4,5)6/h17-18H,1-2,19-27H2,3-16H3. The van der Waals surface area contributed by atoms with Crippen molar-refractivity contribution in [1.29, 1.82) is 0 Å². The Morgan fingerprint density at radius 3 is 1.44 bits per heavy atom. The number of hydrogen-bond donors (Lipinski definition) is 0. The highest BCUT2D eigenvalue weighted by atomic mass is 28.5. The number of hydrogen-bond acceptors (Lipinski definition) is 12. The molecule has 0 aromatic rings. The van der Waals surface area contributed by atoms with E-state index in [1.54, 1.807) is 7.11 Å². The van der Waals surface area contributed by atoms with E-state index in [1.807, 2.05) is 45.8 Å². The summed E-state index contributed by atoms with van der Waals surface area (Å²) in [5.41, 5.74) is 0. The van der Waals surface area contributed by atoms with E-state index in [2.05, 4.69) is 52.4 Å². The van der Waals surface area contributed by atoms with Crippen LogP contribution in [0.1, 0.15) is 12.8 Å². The highest BCUT2D eigenvalue weighted by Gasteiger charge is 2.50. The molecule has 0 aromatic carbocycles. The monoisotopic (exact) mass is 802 g/mol. The van der Waals surface area contributed by atoms with Crippen LogP contribution in [-0.2, 0) is 53.2 Å². The summed E-state index contributed by atoms with van der Waals surface area (Å²) in [5, 5.41) is 0. The second-order valence-electron chi connectivity index (χ2n) is 14.9. The first kappa shape index (κ1) is 47.6. The predicted octanol–water partition coefficient (Wildman–Crippen LogP) is 6.82. The molecule has 0 aliphatic heterocycles. The van der Waals surface area contributed by atoms with Crippen molar-refractivity contribution in [3.8, 4) is 0 Å². The minimum atomic E-state index is -2.97. The van der Waals surface area contributed by atoms with E-state index < -0.39 is 71.4 Å². The Bertz CT molecular complexity index is 1020. The van der Waals surface area contributed by atoms with Gasteiger partial charge in [0.15, 0.2) is 8.32 Å². The zero-order chi connectivity index (χ0) is 37.5. The molecule has 0 saturated heterocycles. The lowest BCUT2D eigenvalue weighted by Crippen LogP contribution is -2.62. The Labute approximate surface area is 298 Å². The molecule has 0 aliphatic carbocycles. The van der Waals surface area contributed by atoms with E-state index in [-0.39, 0.29) is 12.8 Å². The Morgan fingerprint density at radius 1 is 0.542 bits per heavy atom. The van der Waals surface area contributed by atoms with Gasteiger partial charge >= 0.3 is 54.7 Å². The van der Waals surface area contributed by atoms with E-state index >= 15 is 0 Å². The van der Waals surface area contributed by atoms with Gasteiger partial charge in [-0.3, -0.25) is 0 Å². The molecule has 0 radical (unpaired) electrons. The lowest BCUT2D eigenvalue weighted by Gasteiger charge is -2.45. The van der Waals surface area contributed by atoms with Crippen LogP contribution in [0.5, 0.6) is 0 Å². The second-order valence-corrected chi connectivity index (χ2v) is 41.8. The van der Waals surface area contributed by atoms with Crippen molar-refractivity contribution in [2.45, 2.75) is 110 Å². The maximum atomic E-state index is 11.8. The van der Waals surface area contributed by atoms with Gasteiger partial charge in [0.1, 0.15) is 6.23 Å². The zero-order valence-electron chi connectivity index (χ0n) is 32.3. The summed E-state index contributed by atoms with van der Waals surface area (Å²) in [6, 6.07) is 1.26. The van der Waals surface area contributed by atoms with Crippen LogP contribution in [0.25, 0.3) is 0 Å². The Hall–Kier alpha value is -0.382. The summed E-state index contributed by atoms with van der Waals surface area (Å²) in [4.78, 5) is 23.4. The predicted molar refractivity (Wildman–Crippen MR) is 207 cm³/mol. The van der Waals surface area contributed by atoms with Gasteiger partial charge in [-0.05, 0) is 110 Å². The molecule has 0 aromatic heterocycles. The molecule has 282 valence electrons. The molecule has 19 heteroatoms. The van der Waals surface area contributed by atoms with E-state index in [9.17, 15) is 9.59 Å². The molecule has 12 nitrogen and oxygen atoms in total. The maximum Gasteiger partial charge on any atom is 0.330 e. The molecule has 0 fully saturated rings. The number of ether oxygens (including phenoxy) is 4. The molecule has 0 N–H and O–H groups in total. The molecule has 0 saturated carbocycles. The summed E-state index contributed by atoms with van der Waals surface area (Å²) in [6.07, 6.45) is 3.73. The van der Waals surface area contributed by atoms with Crippen LogP contribution in [0, 0.1) is 0 Å². The lowest BCUT2D eigenvalue weighted by atomic mass is 10.5. The number of carbonyl (C=O) groups is 2. The molecule has 0 bridgehead atoms. The summed E-state index contributed by atoms with van der Waals surface area (Å²) in [6.45, 7) is 35.6. The van der Waals surface area contributed by atoms with Crippen LogP contribution in [0.15, 0.2) is 25.3 Å². The molecule has 0 spiro atoms. The van der Waals surface area contributed by atoms with Crippen molar-refractivity contribution in [3.05, 3.63) is 25.3 Å². The van der Waals surface area contributed by atoms with Crippen molar-refractivity contribution >= 4 is 71.4 Å². The van der Waals surface area contributed by atoms with Crippen LogP contribution >= 0.6 is 0 Å². The third-order valence-corrected chi connectivity index (χ3v) is 32.9. The molecule has 0 amide bonds. The Balaban J connectivity index is 6.08. The smallest absolute Gasteiger partial charge is 0.330 e. The zero-order valence-corrected chi connectivity index (χ0v) is 39.3. The SMILES string of the molecule is C=CC(=O)OCCC[Si](C)(O[Si](C)(C)COC(=O)C=C)O[Si](C)(C)O[Si](C)(C)O[Si](C)(CCCOCCOC)O[Si](C)(C)O[Si](C)(C)C. The summed E-state index contributed by atoms with van der Waals surface area (Å²) in [7, 11) is -16.8. The van der Waals surface area contributed by atoms with Crippen LogP contribution < -0.4 is 0 Å². The van der Waals surface area contributed by atoms with Gasteiger partial charge in [0.25, 0.3) is 0 Å². The van der Waals surface area contributed by atoms with Gasteiger partial charge in [0, 0.05) is 25.9 Å². The number of carbonyl (C=O) groups excluding carboxylic acids is 2. The minimum absolute atomic E-state index is 0.150. The highest BCUT2D eigenvalue weighted by molar-refractivity contribution is 6.92. The summed E-state index contributed by atoms with van der Waals surface area (Å²) >= 11 is 0. The molecule has 48 heavy (non-hydrogen) atoms. The molecule has 2 unspecified atom stereocenters. The van der Waals surface area contributed by atoms with Crippen LogP contribution in [-0.4, -0.2) is 111 Å². The van der Waals surface area contributed by atoms with E-state index in [4.69, 9.17) is 43.6 Å². The van der Waals surface area contributed by atoms with Gasteiger partial charge < -0.3 is 43.6 Å². The van der Waals surface area contributed by atoms with Gasteiger partial charge in [0.2, 0.25) is 8.32 Å². The van der Waals surface area contributed by atoms with Gasteiger partial charge in [-0.25, -0.2) is 9.59 Å². The molecule has 0 rings (SSSR count). The molecule has 0 heterocycles. The van der Waals surface area contributed by atoms with Crippen molar-refractivity contribution in [2.24, 2.45) is 0 Å². The van der Waals surface area contributed by atoms with Crippen molar-refractivity contribution in [1.82, 2.24) is 0 Å². The third kappa shape index (κ3) is 23.2. The van der Waals surface area contributed by atoms with Gasteiger partial charge in [-0.1, -0.05) is 13.2 Å². The normalized spacial score (nSPS) is 15.7. The molecule has 2 atom stereocenters. The average molecular weight is 803 g/mol. The lowest BCUT2D eigenvalue weighted by molar-refractivity contribution is -0.138. The Kier molecular flexibility index (Phi) is 20.4. The van der Waals surface area contributed by atoms with Gasteiger partial charge in [-0.15, -0.1) is 0 Å². The highest BCUT2D eigenvalue weighted by Crippen LogP contribution is 2.32. The minimum Gasteiger partial charge on any atom is -0.463 e. The van der Waals surface area contributed by atoms with E-state index in [1.165, 1.54) is 0 Å². The van der Waals surface area contributed by atoms with Crippen LogP contribution in [0.4, 0.5) is 0 Å². The second kappa shape index (κ2) is 20.6. The number of methoxy groups -OCH3 is 1. The topological polar surface area (TPSA) is 126 Å². The van der Waals surface area contributed by atoms with Crippen molar-refractivity contribution in [3.63, 3.8) is 0 Å². The van der Waals surface area contributed by atoms with Gasteiger partial charge in [0.05, 0.1) is 19.8 Å². The third-order valence-electron chi connectivity index (χ3n) is 6.19. The number of esters is 2. The Morgan fingerprint density at radius 2 is 0.979 bits per heavy atom. The molecular weight excluding hydrogens is 737 g/mol. The van der Waals surface area contributed by atoms with Gasteiger partial charge in [-0.2, -0.15) is 0 Å². The van der Waals surface area contributed by atoms with E-state index in [0.717, 1.165) is 24.6 Å². The average Bonchev–Trinajstić information content (AvgIpc) is 2.87. The van der Waals surface area contributed by atoms with Crippen molar-refractivity contribution < 1.29 is 53.2 Å². The van der Waals surface area contributed by atoms with Crippen LogP contribution in [0.3, 0.4) is 0 Å². The first-order chi connectivity index (χ1) is 21.7. The summed E-state index contributed by atoms with van der Waals surface area (Å²) in [5.74, 6) is -0.980. The van der Waals surface area contributed by atoms with E-state index in [0.29, 0.717) is 32.3 Å². The van der Waals surface area contributed by atoms with Crippen molar-refractivity contribution in [2.75, 3.05) is 39.8 Å². The fourth-order valence-electron chi connectivity index (χ4n) is 5.48. The first-order valence-corrected chi connectivity index (χ1v) is 36.6. The fraction of sp³-hybridized carbons (Fsp3) is 0.793. The fourth-order valence-corrected chi connectivity index (χ4v) is 39.9. The summed E-state index contributed by atoms with van der Waals surface area (Å²) < 4.78 is 62.5.